The molecule has 2 rings (SSSR count). The maximum absolute atomic E-state index is 6.11. The largest absolute Gasteiger partial charge is 0.356 e. The van der Waals surface area contributed by atoms with Crippen LogP contribution >= 0.6 is 47.2 Å². The van der Waals surface area contributed by atoms with Gasteiger partial charge in [-0.2, -0.15) is 0 Å². The van der Waals surface area contributed by atoms with Crippen molar-refractivity contribution in [2.24, 2.45) is 4.99 Å². The number of nitrogens with one attached hydrogen (secondary N) is 2. The number of hydrogen-bond donors (Lipinski definition) is 2. The Morgan fingerprint density at radius 1 is 1.33 bits per heavy atom. The summed E-state index contributed by atoms with van der Waals surface area (Å²) in [6, 6.07) is 5.71. The number of nitrogens with zero attached hydrogens (tertiary/aromatic N) is 1. The molecule has 0 aromatic heterocycles. The van der Waals surface area contributed by atoms with Crippen molar-refractivity contribution in [3.63, 3.8) is 0 Å². The second-order valence-corrected chi connectivity index (χ2v) is 4.69. The summed E-state index contributed by atoms with van der Waals surface area (Å²) in [6.45, 7) is 2.68. The van der Waals surface area contributed by atoms with Gasteiger partial charge in [-0.15, -0.1) is 24.0 Å². The summed E-state index contributed by atoms with van der Waals surface area (Å²) in [5.74, 6) is 0.884. The van der Waals surface area contributed by atoms with E-state index in [0.717, 1.165) is 44.0 Å². The normalized spacial score (nSPS) is 14.2. The maximum Gasteiger partial charge on any atom is 0.191 e. The van der Waals surface area contributed by atoms with Gasteiger partial charge in [-0.25, -0.2) is 0 Å². The number of aliphatic imine (C=N–C) groups is 1. The highest BCUT2D eigenvalue weighted by Crippen LogP contribution is 2.25. The van der Waals surface area contributed by atoms with E-state index in [1.54, 1.807) is 6.07 Å². The van der Waals surface area contributed by atoms with E-state index >= 15 is 0 Å². The van der Waals surface area contributed by atoms with E-state index in [0.29, 0.717) is 10.0 Å². The number of benzene rings is 1. The molecule has 0 radical (unpaired) electrons. The SMILES string of the molecule is Clc1cccc(CCNC2=NCCCN2)c1Cl.I. The third kappa shape index (κ3) is 4.48. The van der Waals surface area contributed by atoms with Gasteiger partial charge in [0.1, 0.15) is 0 Å². The molecule has 0 saturated heterocycles. The minimum absolute atomic E-state index is 0. The molecule has 1 aromatic rings. The van der Waals surface area contributed by atoms with Gasteiger partial charge < -0.3 is 10.6 Å². The van der Waals surface area contributed by atoms with Crippen LogP contribution in [0, 0.1) is 0 Å². The fourth-order valence-corrected chi connectivity index (χ4v) is 2.12. The van der Waals surface area contributed by atoms with Crippen molar-refractivity contribution < 1.29 is 0 Å². The van der Waals surface area contributed by atoms with Crippen molar-refractivity contribution in [3.8, 4) is 0 Å². The van der Waals surface area contributed by atoms with Gasteiger partial charge in [0.15, 0.2) is 5.96 Å². The van der Waals surface area contributed by atoms with E-state index in [4.69, 9.17) is 23.2 Å². The van der Waals surface area contributed by atoms with E-state index in [2.05, 4.69) is 15.6 Å². The Labute approximate surface area is 134 Å². The van der Waals surface area contributed by atoms with Crippen LogP contribution in [0.2, 0.25) is 10.0 Å². The van der Waals surface area contributed by atoms with Crippen molar-refractivity contribution >= 4 is 53.1 Å². The minimum Gasteiger partial charge on any atom is -0.356 e. The number of halogens is 3. The van der Waals surface area contributed by atoms with Crippen molar-refractivity contribution in [2.75, 3.05) is 19.6 Å². The van der Waals surface area contributed by atoms with Gasteiger partial charge >= 0.3 is 0 Å². The molecule has 1 heterocycles. The second kappa shape index (κ2) is 8.07. The molecule has 3 nitrogen and oxygen atoms in total. The number of hydrogen-bond acceptors (Lipinski definition) is 3. The summed E-state index contributed by atoms with van der Waals surface area (Å²) in [6.07, 6.45) is 1.94. The molecule has 0 fully saturated rings. The van der Waals surface area contributed by atoms with Gasteiger partial charge in [0.2, 0.25) is 0 Å². The Hall–Kier alpha value is -0.200. The summed E-state index contributed by atoms with van der Waals surface area (Å²) in [5.41, 5.74) is 1.06. The van der Waals surface area contributed by atoms with Gasteiger partial charge in [0.05, 0.1) is 10.0 Å². The molecular weight excluding hydrogens is 384 g/mol. The second-order valence-electron chi connectivity index (χ2n) is 3.90. The molecule has 1 aromatic carbocycles. The third-order valence-electron chi connectivity index (χ3n) is 2.62. The topological polar surface area (TPSA) is 36.4 Å². The summed E-state index contributed by atoms with van der Waals surface area (Å²) in [7, 11) is 0. The van der Waals surface area contributed by atoms with E-state index in [1.165, 1.54) is 0 Å². The van der Waals surface area contributed by atoms with Crippen LogP contribution in [0.25, 0.3) is 0 Å². The average Bonchev–Trinajstić information content (AvgIpc) is 2.36. The molecule has 0 aliphatic carbocycles. The zero-order valence-electron chi connectivity index (χ0n) is 9.88. The number of rotatable bonds is 3. The van der Waals surface area contributed by atoms with E-state index in [-0.39, 0.29) is 24.0 Å². The molecule has 0 amide bonds. The van der Waals surface area contributed by atoms with E-state index < -0.39 is 0 Å². The molecule has 6 heteroatoms. The summed E-state index contributed by atoms with van der Waals surface area (Å²) < 4.78 is 0. The monoisotopic (exact) mass is 399 g/mol. The van der Waals surface area contributed by atoms with Crippen LogP contribution in [0.15, 0.2) is 23.2 Å². The standard InChI is InChI=1S/C12H15Cl2N3.HI/c13-10-4-1-3-9(11(10)14)5-8-17-12-15-6-2-7-16-12;/h1,3-4H,2,5-8H2,(H2,15,16,17);1H. The first kappa shape index (κ1) is 15.9. The summed E-state index contributed by atoms with van der Waals surface area (Å²) in [5, 5.41) is 7.72. The molecule has 18 heavy (non-hydrogen) atoms. The molecule has 2 N–H and O–H groups in total. The Balaban J connectivity index is 0.00000162. The molecule has 0 bridgehead atoms. The quantitative estimate of drug-likeness (QED) is 0.766. The predicted molar refractivity (Wildman–Crippen MR) is 88.5 cm³/mol. The van der Waals surface area contributed by atoms with Crippen molar-refractivity contribution in [1.82, 2.24) is 10.6 Å². The third-order valence-corrected chi connectivity index (χ3v) is 3.47. The predicted octanol–water partition coefficient (Wildman–Crippen LogP) is 3.09. The first-order chi connectivity index (χ1) is 8.27. The van der Waals surface area contributed by atoms with Gasteiger partial charge in [-0.05, 0) is 24.5 Å². The lowest BCUT2D eigenvalue weighted by atomic mass is 10.1. The lowest BCUT2D eigenvalue weighted by Crippen LogP contribution is -2.41. The van der Waals surface area contributed by atoms with Crippen molar-refractivity contribution in [1.29, 1.82) is 0 Å². The molecule has 0 spiro atoms. The summed E-state index contributed by atoms with van der Waals surface area (Å²) >= 11 is 12.1. The van der Waals surface area contributed by atoms with Gasteiger partial charge in [-0.3, -0.25) is 4.99 Å². The Bertz CT molecular complexity index is 424. The maximum atomic E-state index is 6.11. The van der Waals surface area contributed by atoms with Gasteiger partial charge in [0.25, 0.3) is 0 Å². The van der Waals surface area contributed by atoms with Crippen LogP contribution in [0.5, 0.6) is 0 Å². The molecule has 1 aliphatic rings. The Morgan fingerprint density at radius 2 is 2.17 bits per heavy atom. The van der Waals surface area contributed by atoms with E-state index in [1.807, 2.05) is 12.1 Å². The van der Waals surface area contributed by atoms with Crippen LogP contribution in [-0.2, 0) is 6.42 Å². The molecule has 1 aliphatic heterocycles. The van der Waals surface area contributed by atoms with Crippen LogP contribution in [0.3, 0.4) is 0 Å². The van der Waals surface area contributed by atoms with Crippen molar-refractivity contribution in [3.05, 3.63) is 33.8 Å². The Morgan fingerprint density at radius 3 is 2.89 bits per heavy atom. The lowest BCUT2D eigenvalue weighted by molar-refractivity contribution is 0.700. The fraction of sp³-hybridized carbons (Fsp3) is 0.417. The molecule has 0 atom stereocenters. The van der Waals surface area contributed by atoms with Crippen molar-refractivity contribution in [2.45, 2.75) is 12.8 Å². The van der Waals surface area contributed by atoms with Gasteiger partial charge in [-0.1, -0.05) is 35.3 Å². The first-order valence-corrected chi connectivity index (χ1v) is 6.48. The van der Waals surface area contributed by atoms with Crippen LogP contribution in [0.1, 0.15) is 12.0 Å². The van der Waals surface area contributed by atoms with Gasteiger partial charge in [0, 0.05) is 19.6 Å². The van der Waals surface area contributed by atoms with E-state index in [9.17, 15) is 0 Å². The Kier molecular flexibility index (Phi) is 7.11. The molecule has 100 valence electrons. The highest BCUT2D eigenvalue weighted by Gasteiger charge is 2.05. The van der Waals surface area contributed by atoms with Crippen LogP contribution in [-0.4, -0.2) is 25.6 Å². The first-order valence-electron chi connectivity index (χ1n) is 5.72. The zero-order valence-corrected chi connectivity index (χ0v) is 13.7. The van der Waals surface area contributed by atoms with Crippen LogP contribution in [0.4, 0.5) is 0 Å². The smallest absolute Gasteiger partial charge is 0.191 e. The summed E-state index contributed by atoms with van der Waals surface area (Å²) in [4.78, 5) is 4.34. The number of guanidine groups is 1. The highest BCUT2D eigenvalue weighted by atomic mass is 127. The molecular formula is C12H16Cl2IN3. The van der Waals surface area contributed by atoms with Crippen LogP contribution < -0.4 is 10.6 Å². The molecule has 0 unspecified atom stereocenters. The average molecular weight is 400 g/mol. The minimum atomic E-state index is 0. The zero-order chi connectivity index (χ0) is 12.1. The molecule has 0 saturated carbocycles. The lowest BCUT2D eigenvalue weighted by Gasteiger charge is -2.16. The fourth-order valence-electron chi connectivity index (χ4n) is 1.71. The highest BCUT2D eigenvalue weighted by molar-refractivity contribution is 14.0.